The molecule has 0 unspecified atom stereocenters. The highest BCUT2D eigenvalue weighted by Crippen LogP contribution is 2.24. The third-order valence-electron chi connectivity index (χ3n) is 4.83. The summed E-state index contributed by atoms with van der Waals surface area (Å²) < 4.78 is 0. The van der Waals surface area contributed by atoms with Crippen molar-refractivity contribution < 1.29 is 9.90 Å². The molecule has 0 saturated carbocycles. The molecule has 0 aliphatic rings. The Morgan fingerprint density at radius 3 is 1.89 bits per heavy atom. The molecule has 0 radical (unpaired) electrons. The number of amides is 1. The van der Waals surface area contributed by atoms with E-state index in [2.05, 4.69) is 50.4 Å². The fourth-order valence-corrected chi connectivity index (χ4v) is 3.05. The topological polar surface area (TPSA) is 49.3 Å². The van der Waals surface area contributed by atoms with Crippen LogP contribution in [0, 0.1) is 0 Å². The first-order chi connectivity index (χ1) is 13.3. The fraction of sp³-hybridized carbons (Fsp3) is 0.240. The van der Waals surface area contributed by atoms with Crippen molar-refractivity contribution in [3.63, 3.8) is 0 Å². The van der Waals surface area contributed by atoms with Crippen molar-refractivity contribution in [3.8, 4) is 16.9 Å². The molecule has 0 aromatic heterocycles. The van der Waals surface area contributed by atoms with E-state index in [9.17, 15) is 9.90 Å². The van der Waals surface area contributed by atoms with Gasteiger partial charge >= 0.3 is 0 Å². The average molecular weight is 373 g/mol. The van der Waals surface area contributed by atoms with Crippen molar-refractivity contribution in [3.05, 3.63) is 83.9 Å². The normalized spacial score (nSPS) is 11.2. The molecule has 3 aromatic carbocycles. The molecule has 0 spiro atoms. The van der Waals surface area contributed by atoms with Crippen LogP contribution in [0.3, 0.4) is 0 Å². The number of hydrogen-bond acceptors (Lipinski definition) is 2. The Hall–Kier alpha value is -3.07. The summed E-state index contributed by atoms with van der Waals surface area (Å²) in [6, 6.07) is 23.3. The summed E-state index contributed by atoms with van der Waals surface area (Å²) in [4.78, 5) is 12.3. The maximum Gasteiger partial charge on any atom is 0.224 e. The van der Waals surface area contributed by atoms with Gasteiger partial charge in [0.25, 0.3) is 0 Å². The highest BCUT2D eigenvalue weighted by Gasteiger charge is 2.13. The zero-order valence-electron chi connectivity index (χ0n) is 16.7. The molecule has 3 aromatic rings. The SMILES string of the molecule is CC(C)(C)c1ccc(CCC(=O)Nc2ccc(-c3ccc(O)cc3)cc2)cc1. The van der Waals surface area contributed by atoms with E-state index >= 15 is 0 Å². The molecule has 3 nitrogen and oxygen atoms in total. The first kappa shape index (κ1) is 19.7. The van der Waals surface area contributed by atoms with Gasteiger partial charge in [0.1, 0.15) is 5.75 Å². The van der Waals surface area contributed by atoms with Crippen LogP contribution < -0.4 is 5.32 Å². The van der Waals surface area contributed by atoms with Gasteiger partial charge in [-0.2, -0.15) is 0 Å². The molecular formula is C25H27NO2. The van der Waals surface area contributed by atoms with Crippen molar-refractivity contribution in [2.45, 2.75) is 39.0 Å². The van der Waals surface area contributed by atoms with E-state index in [0.29, 0.717) is 6.42 Å². The molecule has 3 rings (SSSR count). The van der Waals surface area contributed by atoms with E-state index in [1.807, 2.05) is 36.4 Å². The van der Waals surface area contributed by atoms with Crippen molar-refractivity contribution >= 4 is 11.6 Å². The minimum atomic E-state index is 0.0114. The van der Waals surface area contributed by atoms with Crippen LogP contribution >= 0.6 is 0 Å². The second kappa shape index (κ2) is 8.30. The maximum atomic E-state index is 12.3. The average Bonchev–Trinajstić information content (AvgIpc) is 2.67. The number of aromatic hydroxyl groups is 1. The lowest BCUT2D eigenvalue weighted by molar-refractivity contribution is -0.116. The Balaban J connectivity index is 1.54. The molecule has 0 heterocycles. The van der Waals surface area contributed by atoms with Gasteiger partial charge < -0.3 is 10.4 Å². The Morgan fingerprint density at radius 1 is 0.821 bits per heavy atom. The maximum absolute atomic E-state index is 12.3. The van der Waals surface area contributed by atoms with Crippen LogP contribution in [0.5, 0.6) is 5.75 Å². The lowest BCUT2D eigenvalue weighted by atomic mass is 9.86. The molecule has 144 valence electrons. The van der Waals surface area contributed by atoms with Gasteiger partial charge in [0.2, 0.25) is 5.91 Å². The highest BCUT2D eigenvalue weighted by atomic mass is 16.3. The predicted octanol–water partition coefficient (Wildman–Crippen LogP) is 5.93. The summed E-state index contributed by atoms with van der Waals surface area (Å²) in [5.74, 6) is 0.262. The van der Waals surface area contributed by atoms with Gasteiger partial charge in [0.15, 0.2) is 0 Å². The molecule has 0 atom stereocenters. The lowest BCUT2D eigenvalue weighted by Crippen LogP contribution is -2.13. The van der Waals surface area contributed by atoms with Crippen LogP contribution in [-0.4, -0.2) is 11.0 Å². The van der Waals surface area contributed by atoms with Crippen molar-refractivity contribution in [1.82, 2.24) is 0 Å². The van der Waals surface area contributed by atoms with Gasteiger partial charge in [0, 0.05) is 12.1 Å². The first-order valence-electron chi connectivity index (χ1n) is 9.60. The molecule has 0 bridgehead atoms. The summed E-state index contributed by atoms with van der Waals surface area (Å²) in [5, 5.41) is 12.3. The number of carbonyl (C=O) groups excluding carboxylic acids is 1. The van der Waals surface area contributed by atoms with Gasteiger partial charge in [-0.25, -0.2) is 0 Å². The van der Waals surface area contributed by atoms with Crippen LogP contribution in [0.15, 0.2) is 72.8 Å². The molecule has 0 saturated heterocycles. The minimum absolute atomic E-state index is 0.0114. The summed E-state index contributed by atoms with van der Waals surface area (Å²) in [6.45, 7) is 6.59. The van der Waals surface area contributed by atoms with Crippen LogP contribution in [0.25, 0.3) is 11.1 Å². The van der Waals surface area contributed by atoms with Crippen molar-refractivity contribution in [2.24, 2.45) is 0 Å². The summed E-state index contributed by atoms with van der Waals surface area (Å²) in [6.07, 6.45) is 1.18. The lowest BCUT2D eigenvalue weighted by Gasteiger charge is -2.19. The van der Waals surface area contributed by atoms with E-state index in [4.69, 9.17) is 0 Å². The minimum Gasteiger partial charge on any atom is -0.508 e. The molecular weight excluding hydrogens is 346 g/mol. The quantitative estimate of drug-likeness (QED) is 0.582. The number of nitrogens with one attached hydrogen (secondary N) is 1. The number of phenolic OH excluding ortho intramolecular Hbond substituents is 1. The van der Waals surface area contributed by atoms with E-state index in [1.165, 1.54) is 11.1 Å². The molecule has 2 N–H and O–H groups in total. The zero-order chi connectivity index (χ0) is 20.1. The van der Waals surface area contributed by atoms with E-state index in [0.717, 1.165) is 23.2 Å². The molecule has 0 aliphatic carbocycles. The first-order valence-corrected chi connectivity index (χ1v) is 9.60. The molecule has 0 aliphatic heterocycles. The van der Waals surface area contributed by atoms with Gasteiger partial charge in [-0.1, -0.05) is 69.3 Å². The molecule has 0 fully saturated rings. The largest absolute Gasteiger partial charge is 0.508 e. The third-order valence-corrected chi connectivity index (χ3v) is 4.83. The second-order valence-corrected chi connectivity index (χ2v) is 8.12. The Morgan fingerprint density at radius 2 is 1.36 bits per heavy atom. The molecule has 28 heavy (non-hydrogen) atoms. The van der Waals surface area contributed by atoms with Crippen LogP contribution in [0.2, 0.25) is 0 Å². The summed E-state index contributed by atoms with van der Waals surface area (Å²) in [7, 11) is 0. The number of benzene rings is 3. The van der Waals surface area contributed by atoms with Crippen LogP contribution in [0.1, 0.15) is 38.3 Å². The highest BCUT2D eigenvalue weighted by molar-refractivity contribution is 5.91. The van der Waals surface area contributed by atoms with Crippen molar-refractivity contribution in [1.29, 1.82) is 0 Å². The van der Waals surface area contributed by atoms with Crippen LogP contribution in [-0.2, 0) is 16.6 Å². The molecule has 3 heteroatoms. The van der Waals surface area contributed by atoms with E-state index in [1.54, 1.807) is 12.1 Å². The second-order valence-electron chi connectivity index (χ2n) is 8.12. The number of hydrogen-bond donors (Lipinski definition) is 2. The standard InChI is InChI=1S/C25H27NO2/c1-25(2,3)21-11-4-18(5-12-21)6-17-24(28)26-22-13-7-19(8-14-22)20-9-15-23(27)16-10-20/h4-5,7-16,27H,6,17H2,1-3H3,(H,26,28). The zero-order valence-corrected chi connectivity index (χ0v) is 16.7. The predicted molar refractivity (Wildman–Crippen MR) is 116 cm³/mol. The number of aryl methyl sites for hydroxylation is 1. The smallest absolute Gasteiger partial charge is 0.224 e. The van der Waals surface area contributed by atoms with E-state index < -0.39 is 0 Å². The number of rotatable bonds is 5. The van der Waals surface area contributed by atoms with Crippen molar-refractivity contribution in [2.75, 3.05) is 5.32 Å². The van der Waals surface area contributed by atoms with Gasteiger partial charge in [0.05, 0.1) is 0 Å². The summed E-state index contributed by atoms with van der Waals surface area (Å²) >= 11 is 0. The van der Waals surface area contributed by atoms with Crippen LogP contribution in [0.4, 0.5) is 5.69 Å². The van der Waals surface area contributed by atoms with E-state index in [-0.39, 0.29) is 17.1 Å². The number of phenols is 1. The third kappa shape index (κ3) is 5.23. The fourth-order valence-electron chi connectivity index (χ4n) is 3.05. The Labute approximate surface area is 167 Å². The number of carbonyl (C=O) groups is 1. The Kier molecular flexibility index (Phi) is 5.84. The monoisotopic (exact) mass is 373 g/mol. The Bertz CT molecular complexity index is 918. The molecule has 1 amide bonds. The number of anilines is 1. The van der Waals surface area contributed by atoms with Gasteiger partial charge in [-0.3, -0.25) is 4.79 Å². The van der Waals surface area contributed by atoms with Gasteiger partial charge in [-0.05, 0) is 58.4 Å². The van der Waals surface area contributed by atoms with Gasteiger partial charge in [-0.15, -0.1) is 0 Å². The summed E-state index contributed by atoms with van der Waals surface area (Å²) in [5.41, 5.74) is 5.46.